The van der Waals surface area contributed by atoms with Gasteiger partial charge in [0.25, 0.3) is 0 Å². The SMILES string of the molecule is CCCN(CC)Cc1ccc(-c2ccc(-c3ccc(CCCN(C)CC)s3)c3cscc23)s1. The fourth-order valence-electron chi connectivity index (χ4n) is 4.32. The van der Waals surface area contributed by atoms with Gasteiger partial charge in [0.05, 0.1) is 0 Å². The predicted octanol–water partition coefficient (Wildman–Crippen LogP) is 8.47. The van der Waals surface area contributed by atoms with Gasteiger partial charge in [-0.1, -0.05) is 32.9 Å². The van der Waals surface area contributed by atoms with Crippen LogP contribution < -0.4 is 0 Å². The van der Waals surface area contributed by atoms with Gasteiger partial charge in [-0.25, -0.2) is 0 Å². The van der Waals surface area contributed by atoms with Crippen molar-refractivity contribution >= 4 is 44.8 Å². The monoisotopic (exact) mass is 496 g/mol. The van der Waals surface area contributed by atoms with Crippen LogP contribution >= 0.6 is 34.0 Å². The Kier molecular flexibility index (Phi) is 8.78. The smallest absolute Gasteiger partial charge is 0.0352 e. The number of hydrogen-bond donors (Lipinski definition) is 0. The number of thiophene rings is 3. The van der Waals surface area contributed by atoms with Crippen LogP contribution in [0.25, 0.3) is 31.7 Å². The van der Waals surface area contributed by atoms with Crippen molar-refractivity contribution in [3.8, 4) is 20.9 Å². The van der Waals surface area contributed by atoms with Crippen molar-refractivity contribution in [2.45, 2.75) is 46.6 Å². The second-order valence-electron chi connectivity index (χ2n) is 8.76. The molecule has 0 aliphatic rings. The van der Waals surface area contributed by atoms with E-state index in [0.717, 1.165) is 19.6 Å². The van der Waals surface area contributed by atoms with Crippen molar-refractivity contribution in [3.63, 3.8) is 0 Å². The summed E-state index contributed by atoms with van der Waals surface area (Å²) in [6.07, 6.45) is 3.61. The second kappa shape index (κ2) is 11.8. The third-order valence-corrected chi connectivity index (χ3v) is 9.41. The Bertz CT molecular complexity index is 1150. The molecule has 3 heterocycles. The van der Waals surface area contributed by atoms with E-state index < -0.39 is 0 Å². The Hall–Kier alpha value is -1.50. The van der Waals surface area contributed by atoms with Crippen LogP contribution in [0.5, 0.6) is 0 Å². The molecule has 0 radical (unpaired) electrons. The summed E-state index contributed by atoms with van der Waals surface area (Å²) in [6.45, 7) is 12.4. The summed E-state index contributed by atoms with van der Waals surface area (Å²) in [5.74, 6) is 0. The summed E-state index contributed by atoms with van der Waals surface area (Å²) in [4.78, 5) is 10.7. The predicted molar refractivity (Wildman–Crippen MR) is 151 cm³/mol. The highest BCUT2D eigenvalue weighted by atomic mass is 32.1. The van der Waals surface area contributed by atoms with Gasteiger partial charge in [0.1, 0.15) is 0 Å². The zero-order chi connectivity index (χ0) is 23.2. The minimum Gasteiger partial charge on any atom is -0.307 e. The Labute approximate surface area is 211 Å². The lowest BCUT2D eigenvalue weighted by Gasteiger charge is -2.18. The van der Waals surface area contributed by atoms with Crippen molar-refractivity contribution in [2.75, 3.05) is 33.2 Å². The van der Waals surface area contributed by atoms with Gasteiger partial charge in [-0.3, -0.25) is 4.90 Å². The zero-order valence-electron chi connectivity index (χ0n) is 20.4. The van der Waals surface area contributed by atoms with E-state index in [2.05, 4.69) is 84.8 Å². The standard InChI is InChI=1S/C28H36N2S3/c1-5-16-30(7-3)18-22-11-15-28(33-22)24-13-12-23(25-19-31-20-26(24)25)27-14-10-21(32-27)9-8-17-29(4)6-2/h10-15,19-20H,5-9,16-18H2,1-4H3. The fraction of sp³-hybridized carbons (Fsp3) is 0.429. The molecule has 33 heavy (non-hydrogen) atoms. The van der Waals surface area contributed by atoms with Gasteiger partial charge in [-0.15, -0.1) is 22.7 Å². The number of fused-ring (bicyclic) bond motifs is 1. The second-order valence-corrected chi connectivity index (χ2v) is 11.8. The molecular formula is C28H36N2S3. The van der Waals surface area contributed by atoms with Crippen LogP contribution in [0.15, 0.2) is 47.2 Å². The van der Waals surface area contributed by atoms with E-state index in [4.69, 9.17) is 0 Å². The molecule has 3 aromatic heterocycles. The van der Waals surface area contributed by atoms with E-state index in [-0.39, 0.29) is 0 Å². The molecule has 1 aromatic carbocycles. The number of hydrogen-bond acceptors (Lipinski definition) is 5. The van der Waals surface area contributed by atoms with Gasteiger partial charge >= 0.3 is 0 Å². The third kappa shape index (κ3) is 5.95. The van der Waals surface area contributed by atoms with Crippen LogP contribution in [0.1, 0.15) is 43.4 Å². The Balaban J connectivity index is 1.54. The molecule has 2 nitrogen and oxygen atoms in total. The molecule has 176 valence electrons. The molecule has 0 aliphatic carbocycles. The molecule has 0 atom stereocenters. The average molecular weight is 497 g/mol. The van der Waals surface area contributed by atoms with Crippen molar-refractivity contribution in [3.05, 3.63) is 56.9 Å². The number of nitrogens with zero attached hydrogens (tertiary/aromatic N) is 2. The molecule has 0 saturated heterocycles. The summed E-state index contributed by atoms with van der Waals surface area (Å²) in [5.41, 5.74) is 2.76. The van der Waals surface area contributed by atoms with Gasteiger partial charge in [0.15, 0.2) is 0 Å². The molecular weight excluding hydrogens is 461 g/mol. The zero-order valence-corrected chi connectivity index (χ0v) is 22.8. The van der Waals surface area contributed by atoms with Gasteiger partial charge < -0.3 is 4.90 Å². The first-order chi connectivity index (χ1) is 16.1. The summed E-state index contributed by atoms with van der Waals surface area (Å²) < 4.78 is 0. The van der Waals surface area contributed by atoms with Gasteiger partial charge in [0.2, 0.25) is 0 Å². The maximum Gasteiger partial charge on any atom is 0.0352 e. The first-order valence-electron chi connectivity index (χ1n) is 12.2. The molecule has 0 aliphatic heterocycles. The maximum atomic E-state index is 2.54. The third-order valence-electron chi connectivity index (χ3n) is 6.38. The Morgan fingerprint density at radius 3 is 1.97 bits per heavy atom. The van der Waals surface area contributed by atoms with Crippen LogP contribution in [-0.4, -0.2) is 43.0 Å². The van der Waals surface area contributed by atoms with E-state index >= 15 is 0 Å². The average Bonchev–Trinajstić information content (AvgIpc) is 3.59. The summed E-state index contributed by atoms with van der Waals surface area (Å²) in [5, 5.41) is 7.45. The number of benzene rings is 1. The summed E-state index contributed by atoms with van der Waals surface area (Å²) >= 11 is 5.74. The van der Waals surface area contributed by atoms with E-state index in [0.29, 0.717) is 0 Å². The number of rotatable bonds is 12. The molecule has 5 heteroatoms. The first kappa shape index (κ1) is 24.6. The van der Waals surface area contributed by atoms with Crippen LogP contribution in [-0.2, 0) is 13.0 Å². The summed E-state index contributed by atoms with van der Waals surface area (Å²) in [7, 11) is 2.20. The maximum absolute atomic E-state index is 2.54. The molecule has 0 fully saturated rings. The van der Waals surface area contributed by atoms with E-state index in [1.54, 1.807) is 0 Å². The van der Waals surface area contributed by atoms with E-state index in [1.807, 2.05) is 34.0 Å². The van der Waals surface area contributed by atoms with Crippen LogP contribution in [0.3, 0.4) is 0 Å². The summed E-state index contributed by atoms with van der Waals surface area (Å²) in [6, 6.07) is 14.0. The fourth-order valence-corrected chi connectivity index (χ4v) is 7.35. The molecule has 0 N–H and O–H groups in total. The van der Waals surface area contributed by atoms with Crippen molar-refractivity contribution in [1.82, 2.24) is 9.80 Å². The van der Waals surface area contributed by atoms with E-state index in [1.165, 1.54) is 73.8 Å². The van der Waals surface area contributed by atoms with Gasteiger partial charge in [0, 0.05) is 48.0 Å². The Morgan fingerprint density at radius 1 is 0.727 bits per heavy atom. The molecule has 0 spiro atoms. The van der Waals surface area contributed by atoms with Crippen molar-refractivity contribution < 1.29 is 0 Å². The minimum atomic E-state index is 1.06. The lowest BCUT2D eigenvalue weighted by atomic mass is 10.0. The van der Waals surface area contributed by atoms with Gasteiger partial charge in [-0.2, -0.15) is 11.3 Å². The molecule has 0 bridgehead atoms. The highest BCUT2D eigenvalue weighted by molar-refractivity contribution is 7.16. The lowest BCUT2D eigenvalue weighted by Crippen LogP contribution is -2.22. The van der Waals surface area contributed by atoms with Crippen molar-refractivity contribution in [2.24, 2.45) is 0 Å². The van der Waals surface area contributed by atoms with Crippen LogP contribution in [0.2, 0.25) is 0 Å². The normalized spacial score (nSPS) is 11.9. The topological polar surface area (TPSA) is 6.48 Å². The molecule has 4 aromatic rings. The lowest BCUT2D eigenvalue weighted by molar-refractivity contribution is 0.283. The highest BCUT2D eigenvalue weighted by Gasteiger charge is 2.14. The van der Waals surface area contributed by atoms with Crippen LogP contribution in [0.4, 0.5) is 0 Å². The van der Waals surface area contributed by atoms with Gasteiger partial charge in [-0.05, 0) is 87.5 Å². The largest absolute Gasteiger partial charge is 0.307 e. The Morgan fingerprint density at radius 2 is 1.36 bits per heavy atom. The first-order valence-corrected chi connectivity index (χ1v) is 14.8. The quantitative estimate of drug-likeness (QED) is 0.194. The minimum absolute atomic E-state index is 1.06. The van der Waals surface area contributed by atoms with Crippen molar-refractivity contribution in [1.29, 1.82) is 0 Å². The molecule has 0 saturated carbocycles. The molecule has 0 amide bonds. The van der Waals surface area contributed by atoms with Crippen LogP contribution in [0, 0.1) is 0 Å². The molecule has 4 rings (SSSR count). The highest BCUT2D eigenvalue weighted by Crippen LogP contribution is 2.41. The number of aryl methyl sites for hydroxylation is 1. The molecule has 0 unspecified atom stereocenters. The van der Waals surface area contributed by atoms with E-state index in [9.17, 15) is 0 Å².